The van der Waals surface area contributed by atoms with E-state index in [-0.39, 0.29) is 11.6 Å². The second kappa shape index (κ2) is 14.1. The largest absolute Gasteiger partial charge is 0.412 e. The highest BCUT2D eigenvalue weighted by Gasteiger charge is 2.04. The van der Waals surface area contributed by atoms with Crippen molar-refractivity contribution >= 4 is 0 Å². The van der Waals surface area contributed by atoms with Crippen LogP contribution in [0.1, 0.15) is 76.7 Å². The van der Waals surface area contributed by atoms with Gasteiger partial charge in [0, 0.05) is 0 Å². The first kappa shape index (κ1) is 20.1. The molecule has 0 amide bonds. The van der Waals surface area contributed by atoms with Gasteiger partial charge in [0.25, 0.3) is 0 Å². The Hall–Kier alpha value is -0.860. The first-order chi connectivity index (χ1) is 9.83. The molecular weight excluding hydrogens is 260 g/mol. The molecule has 0 radical (unpaired) electrons. The first-order valence-corrected chi connectivity index (χ1v) is 8.55. The van der Waals surface area contributed by atoms with Gasteiger partial charge < -0.3 is 10.6 Å². The molecule has 0 bridgehead atoms. The predicted octanol–water partition coefficient (Wildman–Crippen LogP) is 4.69. The molecule has 0 aliphatic heterocycles. The van der Waals surface area contributed by atoms with Crippen LogP contribution >= 0.6 is 0 Å². The minimum absolute atomic E-state index is 0. The van der Waals surface area contributed by atoms with E-state index in [1.807, 2.05) is 18.2 Å². The minimum atomic E-state index is -0.165. The van der Waals surface area contributed by atoms with E-state index >= 15 is 0 Å². The van der Waals surface area contributed by atoms with Crippen molar-refractivity contribution in [2.75, 3.05) is 0 Å². The molecule has 122 valence electrons. The van der Waals surface area contributed by atoms with Gasteiger partial charge in [0.05, 0.1) is 6.10 Å². The Morgan fingerprint density at radius 1 is 0.810 bits per heavy atom. The van der Waals surface area contributed by atoms with Crippen molar-refractivity contribution in [3.8, 4) is 0 Å². The molecule has 1 atom stereocenters. The molecule has 0 heterocycles. The van der Waals surface area contributed by atoms with Gasteiger partial charge in [-0.05, 0) is 18.4 Å². The molecule has 1 unspecified atom stereocenters. The maximum atomic E-state index is 10.0. The van der Waals surface area contributed by atoms with Crippen molar-refractivity contribution in [1.29, 1.82) is 0 Å². The third-order valence-electron chi connectivity index (χ3n) is 3.96. The van der Waals surface area contributed by atoms with Crippen LogP contribution in [-0.4, -0.2) is 16.7 Å². The molecule has 21 heavy (non-hydrogen) atoms. The maximum absolute atomic E-state index is 10.0. The van der Waals surface area contributed by atoms with Crippen LogP contribution in [0.25, 0.3) is 0 Å². The van der Waals surface area contributed by atoms with E-state index in [9.17, 15) is 5.11 Å². The molecule has 2 nitrogen and oxygen atoms in total. The fourth-order valence-electron chi connectivity index (χ4n) is 2.68. The summed E-state index contributed by atoms with van der Waals surface area (Å²) in [6.45, 7) is 2.26. The second-order valence-corrected chi connectivity index (χ2v) is 5.96. The highest BCUT2D eigenvalue weighted by molar-refractivity contribution is 5.15. The molecular formula is C19H34O2. The Kier molecular flexibility index (Phi) is 13.5. The van der Waals surface area contributed by atoms with E-state index < -0.39 is 0 Å². The topological polar surface area (TPSA) is 51.7 Å². The van der Waals surface area contributed by atoms with E-state index in [2.05, 4.69) is 19.1 Å². The van der Waals surface area contributed by atoms with Gasteiger partial charge >= 0.3 is 0 Å². The Morgan fingerprint density at radius 3 is 1.90 bits per heavy atom. The summed E-state index contributed by atoms with van der Waals surface area (Å²) in [5, 5.41) is 10.0. The lowest BCUT2D eigenvalue weighted by Gasteiger charge is -2.10. The zero-order chi connectivity index (χ0) is 14.5. The van der Waals surface area contributed by atoms with Gasteiger partial charge in [0.2, 0.25) is 0 Å². The van der Waals surface area contributed by atoms with E-state index in [4.69, 9.17) is 0 Å². The standard InChI is InChI=1S/C19H32O.H2O/c1-2-3-4-5-6-7-8-9-13-16-19(20)17-18-14-11-10-12-15-18;/h10-12,14-15,19-20H,2-9,13,16-17H2,1H3;1H2. The zero-order valence-electron chi connectivity index (χ0n) is 13.7. The van der Waals surface area contributed by atoms with Gasteiger partial charge in [-0.3, -0.25) is 0 Å². The molecule has 0 fully saturated rings. The molecule has 1 aromatic rings. The Bertz CT molecular complexity index is 311. The van der Waals surface area contributed by atoms with Crippen LogP contribution in [0, 0.1) is 0 Å². The highest BCUT2D eigenvalue weighted by atomic mass is 16.3. The second-order valence-electron chi connectivity index (χ2n) is 5.96. The number of aliphatic hydroxyl groups is 1. The Labute approximate surface area is 130 Å². The average molecular weight is 294 g/mol. The lowest BCUT2D eigenvalue weighted by atomic mass is 10.0. The van der Waals surface area contributed by atoms with Crippen molar-refractivity contribution in [3.05, 3.63) is 35.9 Å². The first-order valence-electron chi connectivity index (χ1n) is 8.55. The summed E-state index contributed by atoms with van der Waals surface area (Å²) in [6, 6.07) is 10.3. The van der Waals surface area contributed by atoms with Crippen LogP contribution in [0.3, 0.4) is 0 Å². The smallest absolute Gasteiger partial charge is 0.0580 e. The zero-order valence-corrected chi connectivity index (χ0v) is 13.7. The SMILES string of the molecule is CCCCCCCCCCCC(O)Cc1ccccc1.O. The third kappa shape index (κ3) is 11.5. The average Bonchev–Trinajstić information content (AvgIpc) is 2.46. The molecule has 2 heteroatoms. The molecule has 0 aliphatic rings. The van der Waals surface area contributed by atoms with Crippen LogP contribution < -0.4 is 0 Å². The quantitative estimate of drug-likeness (QED) is 0.559. The van der Waals surface area contributed by atoms with E-state index in [1.54, 1.807) is 0 Å². The number of rotatable bonds is 12. The molecule has 0 saturated carbocycles. The fourth-order valence-corrected chi connectivity index (χ4v) is 2.68. The molecule has 3 N–H and O–H groups in total. The fraction of sp³-hybridized carbons (Fsp3) is 0.684. The number of hydrogen-bond donors (Lipinski definition) is 1. The lowest BCUT2D eigenvalue weighted by molar-refractivity contribution is 0.161. The van der Waals surface area contributed by atoms with Gasteiger partial charge in [0.1, 0.15) is 0 Å². The van der Waals surface area contributed by atoms with Crippen molar-refractivity contribution in [1.82, 2.24) is 0 Å². The van der Waals surface area contributed by atoms with E-state index in [1.165, 1.54) is 63.4 Å². The molecule has 0 aromatic heterocycles. The number of unbranched alkanes of at least 4 members (excludes halogenated alkanes) is 8. The molecule has 0 saturated heterocycles. The normalized spacial score (nSPS) is 11.9. The summed E-state index contributed by atoms with van der Waals surface area (Å²) in [7, 11) is 0. The van der Waals surface area contributed by atoms with Crippen LogP contribution in [0.4, 0.5) is 0 Å². The van der Waals surface area contributed by atoms with Crippen LogP contribution in [0.2, 0.25) is 0 Å². The van der Waals surface area contributed by atoms with Crippen molar-refractivity contribution < 1.29 is 10.6 Å². The predicted molar refractivity (Wildman–Crippen MR) is 91.6 cm³/mol. The van der Waals surface area contributed by atoms with Crippen LogP contribution in [0.15, 0.2) is 30.3 Å². The Morgan fingerprint density at radius 2 is 1.33 bits per heavy atom. The van der Waals surface area contributed by atoms with Gasteiger partial charge in [-0.25, -0.2) is 0 Å². The van der Waals surface area contributed by atoms with E-state index in [0.717, 1.165) is 12.8 Å². The summed E-state index contributed by atoms with van der Waals surface area (Å²) in [5.74, 6) is 0. The monoisotopic (exact) mass is 294 g/mol. The van der Waals surface area contributed by atoms with Crippen molar-refractivity contribution in [2.45, 2.75) is 83.7 Å². The molecule has 1 rings (SSSR count). The summed E-state index contributed by atoms with van der Waals surface area (Å²) in [5.41, 5.74) is 1.25. The number of hydrogen-bond acceptors (Lipinski definition) is 1. The summed E-state index contributed by atoms with van der Waals surface area (Å²) < 4.78 is 0. The van der Waals surface area contributed by atoms with Crippen LogP contribution in [-0.2, 0) is 6.42 Å². The molecule has 1 aromatic carbocycles. The van der Waals surface area contributed by atoms with E-state index in [0.29, 0.717) is 0 Å². The Balaban J connectivity index is 0.00000400. The van der Waals surface area contributed by atoms with Gasteiger partial charge in [-0.15, -0.1) is 0 Å². The lowest BCUT2D eigenvalue weighted by Crippen LogP contribution is -2.10. The van der Waals surface area contributed by atoms with Crippen molar-refractivity contribution in [2.24, 2.45) is 0 Å². The summed E-state index contributed by atoms with van der Waals surface area (Å²) in [4.78, 5) is 0. The summed E-state index contributed by atoms with van der Waals surface area (Å²) in [6.07, 6.45) is 13.7. The maximum Gasteiger partial charge on any atom is 0.0580 e. The summed E-state index contributed by atoms with van der Waals surface area (Å²) >= 11 is 0. The van der Waals surface area contributed by atoms with Crippen molar-refractivity contribution in [3.63, 3.8) is 0 Å². The minimum Gasteiger partial charge on any atom is -0.412 e. The third-order valence-corrected chi connectivity index (χ3v) is 3.96. The number of aliphatic hydroxyl groups excluding tert-OH is 1. The number of benzene rings is 1. The van der Waals surface area contributed by atoms with Gasteiger partial charge in [-0.1, -0.05) is 95.0 Å². The highest BCUT2D eigenvalue weighted by Crippen LogP contribution is 2.13. The van der Waals surface area contributed by atoms with Crippen LogP contribution in [0.5, 0.6) is 0 Å². The van der Waals surface area contributed by atoms with Gasteiger partial charge in [-0.2, -0.15) is 0 Å². The molecule has 0 aliphatic carbocycles. The molecule has 0 spiro atoms. The van der Waals surface area contributed by atoms with Gasteiger partial charge in [0.15, 0.2) is 0 Å².